The molecule has 0 atom stereocenters. The van der Waals surface area contributed by atoms with E-state index in [0.717, 1.165) is 38.5 Å². The Labute approximate surface area is 161 Å². The van der Waals surface area contributed by atoms with E-state index in [4.69, 9.17) is 0 Å². The smallest absolute Gasteiger partial charge is 0.246 e. The van der Waals surface area contributed by atoms with Crippen LogP contribution in [0.4, 0.5) is 5.69 Å². The second-order valence-corrected chi connectivity index (χ2v) is 7.27. The van der Waals surface area contributed by atoms with E-state index in [2.05, 4.69) is 37.5 Å². The fourth-order valence-electron chi connectivity index (χ4n) is 2.92. The van der Waals surface area contributed by atoms with Gasteiger partial charge in [0.15, 0.2) is 0 Å². The molecule has 0 saturated carbocycles. The standard InChI is InChI=1S/C19H22BrN5O/c1-12-8-13(2)24(22-12)10-16-6-5-7-17(9-16)21-18(26)11-25-15(4)19(20)14(3)23-25/h5-9H,10-11H2,1-4H3,(H,21,26). The van der Waals surface area contributed by atoms with Crippen molar-refractivity contribution in [3.63, 3.8) is 0 Å². The van der Waals surface area contributed by atoms with Crippen LogP contribution in [-0.2, 0) is 17.9 Å². The Kier molecular flexibility index (Phi) is 5.27. The Hall–Kier alpha value is -2.41. The molecule has 0 spiro atoms. The molecule has 0 aliphatic heterocycles. The summed E-state index contributed by atoms with van der Waals surface area (Å²) in [5, 5.41) is 11.8. The summed E-state index contributed by atoms with van der Waals surface area (Å²) >= 11 is 3.48. The first-order chi connectivity index (χ1) is 12.3. The first kappa shape index (κ1) is 18.4. The van der Waals surface area contributed by atoms with Crippen molar-refractivity contribution >= 4 is 27.5 Å². The predicted molar refractivity (Wildman–Crippen MR) is 105 cm³/mol. The van der Waals surface area contributed by atoms with Crippen LogP contribution in [0.15, 0.2) is 34.8 Å². The van der Waals surface area contributed by atoms with Gasteiger partial charge < -0.3 is 5.32 Å². The molecule has 7 heteroatoms. The van der Waals surface area contributed by atoms with Gasteiger partial charge in [-0.05, 0) is 67.4 Å². The lowest BCUT2D eigenvalue weighted by molar-refractivity contribution is -0.116. The number of hydrogen-bond acceptors (Lipinski definition) is 3. The molecule has 2 aromatic heterocycles. The zero-order valence-electron chi connectivity index (χ0n) is 15.4. The zero-order valence-corrected chi connectivity index (χ0v) is 17.0. The lowest BCUT2D eigenvalue weighted by Gasteiger charge is -2.09. The molecule has 0 saturated heterocycles. The van der Waals surface area contributed by atoms with E-state index < -0.39 is 0 Å². The average Bonchev–Trinajstić information content (AvgIpc) is 3.01. The highest BCUT2D eigenvalue weighted by atomic mass is 79.9. The average molecular weight is 416 g/mol. The minimum Gasteiger partial charge on any atom is -0.324 e. The highest BCUT2D eigenvalue weighted by molar-refractivity contribution is 9.10. The van der Waals surface area contributed by atoms with Crippen LogP contribution >= 0.6 is 15.9 Å². The maximum Gasteiger partial charge on any atom is 0.246 e. The molecule has 26 heavy (non-hydrogen) atoms. The Bertz CT molecular complexity index is 957. The summed E-state index contributed by atoms with van der Waals surface area (Å²) in [6.07, 6.45) is 0. The van der Waals surface area contributed by atoms with Crippen molar-refractivity contribution in [1.29, 1.82) is 0 Å². The highest BCUT2D eigenvalue weighted by Crippen LogP contribution is 2.20. The van der Waals surface area contributed by atoms with Crippen LogP contribution in [-0.4, -0.2) is 25.5 Å². The van der Waals surface area contributed by atoms with Gasteiger partial charge in [0.1, 0.15) is 6.54 Å². The molecule has 0 bridgehead atoms. The molecule has 1 N–H and O–H groups in total. The quantitative estimate of drug-likeness (QED) is 0.689. The van der Waals surface area contributed by atoms with Gasteiger partial charge in [0.25, 0.3) is 0 Å². The maximum atomic E-state index is 12.4. The van der Waals surface area contributed by atoms with Crippen molar-refractivity contribution in [2.24, 2.45) is 0 Å². The van der Waals surface area contributed by atoms with E-state index >= 15 is 0 Å². The normalized spacial score (nSPS) is 11.0. The summed E-state index contributed by atoms with van der Waals surface area (Å²) in [5.41, 5.74) is 5.80. The molecule has 2 heterocycles. The fourth-order valence-corrected chi connectivity index (χ4v) is 3.20. The molecule has 0 aliphatic rings. The van der Waals surface area contributed by atoms with E-state index in [0.29, 0.717) is 6.54 Å². The van der Waals surface area contributed by atoms with Crippen LogP contribution in [0.3, 0.4) is 0 Å². The number of carbonyl (C=O) groups excluding carboxylic acids is 1. The zero-order chi connectivity index (χ0) is 18.8. The number of rotatable bonds is 5. The number of carbonyl (C=O) groups is 1. The van der Waals surface area contributed by atoms with Gasteiger partial charge in [0.05, 0.1) is 28.1 Å². The third-order valence-corrected chi connectivity index (χ3v) is 5.38. The number of nitrogens with zero attached hydrogens (tertiary/aromatic N) is 4. The van der Waals surface area contributed by atoms with Gasteiger partial charge in [-0.2, -0.15) is 10.2 Å². The van der Waals surface area contributed by atoms with Crippen molar-refractivity contribution in [3.8, 4) is 0 Å². The number of halogens is 1. The third kappa shape index (κ3) is 4.04. The summed E-state index contributed by atoms with van der Waals surface area (Å²) in [7, 11) is 0. The number of amides is 1. The number of aromatic nitrogens is 4. The fraction of sp³-hybridized carbons (Fsp3) is 0.316. The lowest BCUT2D eigenvalue weighted by atomic mass is 10.2. The van der Waals surface area contributed by atoms with Crippen LogP contribution in [0, 0.1) is 27.7 Å². The number of benzene rings is 1. The van der Waals surface area contributed by atoms with Crippen LogP contribution in [0.1, 0.15) is 28.3 Å². The Morgan fingerprint density at radius 1 is 1.12 bits per heavy atom. The van der Waals surface area contributed by atoms with Crippen molar-refractivity contribution in [2.75, 3.05) is 5.32 Å². The molecule has 0 aliphatic carbocycles. The number of hydrogen-bond donors (Lipinski definition) is 1. The number of aryl methyl sites for hydroxylation is 3. The molecule has 0 fully saturated rings. The van der Waals surface area contributed by atoms with Crippen molar-refractivity contribution < 1.29 is 4.79 Å². The van der Waals surface area contributed by atoms with Gasteiger partial charge in [-0.25, -0.2) is 0 Å². The van der Waals surface area contributed by atoms with Crippen molar-refractivity contribution in [1.82, 2.24) is 19.6 Å². The summed E-state index contributed by atoms with van der Waals surface area (Å²) in [4.78, 5) is 12.4. The van der Waals surface area contributed by atoms with Gasteiger partial charge >= 0.3 is 0 Å². The van der Waals surface area contributed by atoms with E-state index in [1.807, 2.05) is 56.6 Å². The highest BCUT2D eigenvalue weighted by Gasteiger charge is 2.12. The molecular weight excluding hydrogens is 394 g/mol. The second-order valence-electron chi connectivity index (χ2n) is 6.48. The van der Waals surface area contributed by atoms with Gasteiger partial charge in [-0.3, -0.25) is 14.2 Å². The topological polar surface area (TPSA) is 64.7 Å². The molecule has 3 rings (SSSR count). The van der Waals surface area contributed by atoms with E-state index in [1.165, 1.54) is 0 Å². The van der Waals surface area contributed by atoms with E-state index in [9.17, 15) is 4.79 Å². The van der Waals surface area contributed by atoms with Crippen LogP contribution in [0.25, 0.3) is 0 Å². The van der Waals surface area contributed by atoms with Gasteiger partial charge in [-0.15, -0.1) is 0 Å². The first-order valence-electron chi connectivity index (χ1n) is 8.43. The first-order valence-corrected chi connectivity index (χ1v) is 9.22. The Balaban J connectivity index is 1.69. The summed E-state index contributed by atoms with van der Waals surface area (Å²) in [6, 6.07) is 9.89. The Morgan fingerprint density at radius 3 is 2.50 bits per heavy atom. The van der Waals surface area contributed by atoms with E-state index in [1.54, 1.807) is 4.68 Å². The molecule has 136 valence electrons. The van der Waals surface area contributed by atoms with E-state index in [-0.39, 0.29) is 12.5 Å². The van der Waals surface area contributed by atoms with Crippen molar-refractivity contribution in [2.45, 2.75) is 40.8 Å². The minimum absolute atomic E-state index is 0.105. The van der Waals surface area contributed by atoms with Crippen LogP contribution in [0.5, 0.6) is 0 Å². The van der Waals surface area contributed by atoms with Crippen LogP contribution in [0.2, 0.25) is 0 Å². The molecular formula is C19H22BrN5O. The minimum atomic E-state index is -0.105. The monoisotopic (exact) mass is 415 g/mol. The van der Waals surface area contributed by atoms with Gasteiger partial charge in [-0.1, -0.05) is 12.1 Å². The predicted octanol–water partition coefficient (Wildman–Crippen LogP) is 3.76. The molecule has 6 nitrogen and oxygen atoms in total. The number of nitrogens with one attached hydrogen (secondary N) is 1. The third-order valence-electron chi connectivity index (χ3n) is 4.23. The van der Waals surface area contributed by atoms with Crippen LogP contribution < -0.4 is 5.32 Å². The number of anilines is 1. The summed E-state index contributed by atoms with van der Waals surface area (Å²) < 4.78 is 4.61. The summed E-state index contributed by atoms with van der Waals surface area (Å²) in [5.74, 6) is -0.105. The largest absolute Gasteiger partial charge is 0.324 e. The molecule has 1 amide bonds. The molecule has 1 aromatic carbocycles. The van der Waals surface area contributed by atoms with Gasteiger partial charge in [0.2, 0.25) is 5.91 Å². The van der Waals surface area contributed by atoms with Gasteiger partial charge in [0, 0.05) is 11.4 Å². The maximum absolute atomic E-state index is 12.4. The lowest BCUT2D eigenvalue weighted by Crippen LogP contribution is -2.20. The van der Waals surface area contributed by atoms with Crippen molar-refractivity contribution in [3.05, 3.63) is 63.1 Å². The Morgan fingerprint density at radius 2 is 1.88 bits per heavy atom. The molecule has 0 radical (unpaired) electrons. The second kappa shape index (κ2) is 7.45. The SMILES string of the molecule is Cc1cc(C)n(Cc2cccc(NC(=O)Cn3nc(C)c(Br)c3C)c2)n1. The molecule has 0 unspecified atom stereocenters. The summed E-state index contributed by atoms with van der Waals surface area (Å²) in [6.45, 7) is 8.73. The molecule has 3 aromatic rings.